The summed E-state index contributed by atoms with van der Waals surface area (Å²) in [5.41, 5.74) is 0. The number of rotatable bonds is 0. The second kappa shape index (κ2) is 6.35. The van der Waals surface area contributed by atoms with Crippen molar-refractivity contribution in [2.75, 3.05) is 0 Å². The predicted octanol–water partition coefficient (Wildman–Crippen LogP) is 1.82. The van der Waals surface area contributed by atoms with Crippen LogP contribution in [0.1, 0.15) is 0 Å². The molecule has 1 aromatic rings. The molecule has 0 heterocycles. The van der Waals surface area contributed by atoms with Gasteiger partial charge in [-0.05, 0) is 0 Å². The van der Waals surface area contributed by atoms with E-state index in [9.17, 15) is 0 Å². The minimum Gasteiger partial charge on any atom is -0.214 e. The van der Waals surface area contributed by atoms with E-state index >= 15 is 0 Å². The molecule has 0 aliphatic rings. The number of halogens is 1. The van der Waals surface area contributed by atoms with Gasteiger partial charge in [0, 0.05) is 21.7 Å². The van der Waals surface area contributed by atoms with E-state index in [1.807, 2.05) is 30.3 Å². The number of hydrogen-bond donors (Lipinski definition) is 0. The molecule has 0 amide bonds. The third-order valence-corrected chi connectivity index (χ3v) is 0.556. The molecule has 0 aromatic heterocycles. The topological polar surface area (TPSA) is 0 Å². The summed E-state index contributed by atoms with van der Waals surface area (Å²) in [5, 5.41) is 0. The predicted molar refractivity (Wildman–Crippen MR) is 29.3 cm³/mol. The zero-order chi connectivity index (χ0) is 3.54. The first-order valence-electron chi connectivity index (χ1n) is 1.67. The summed E-state index contributed by atoms with van der Waals surface area (Å²) in [7, 11) is 0. The largest absolute Gasteiger partial charge is 0.214 e. The van der Waals surface area contributed by atoms with Crippen LogP contribution >= 0.6 is 12.4 Å². The Morgan fingerprint density at radius 3 is 1.57 bits per heavy atom. The first kappa shape index (κ1) is 10.4. The van der Waals surface area contributed by atoms with E-state index in [-0.39, 0.29) is 34.1 Å². The van der Waals surface area contributed by atoms with Crippen LogP contribution in [0.25, 0.3) is 0 Å². The Morgan fingerprint density at radius 1 is 1.00 bits per heavy atom. The maximum absolute atomic E-state index is 2.00. The molecular formula is C5H6ClTi-. The van der Waals surface area contributed by atoms with Gasteiger partial charge in [0.2, 0.25) is 0 Å². The molecule has 0 nitrogen and oxygen atoms in total. The van der Waals surface area contributed by atoms with Gasteiger partial charge in [-0.15, -0.1) is 12.4 Å². The molecule has 0 atom stereocenters. The molecule has 7 heavy (non-hydrogen) atoms. The summed E-state index contributed by atoms with van der Waals surface area (Å²) in [5.74, 6) is 0. The van der Waals surface area contributed by atoms with Crippen molar-refractivity contribution in [3.8, 4) is 0 Å². The summed E-state index contributed by atoms with van der Waals surface area (Å²) in [4.78, 5) is 0. The van der Waals surface area contributed by atoms with Gasteiger partial charge in [0.25, 0.3) is 0 Å². The molecule has 0 bridgehead atoms. The fourth-order valence-corrected chi connectivity index (χ4v) is 0.321. The van der Waals surface area contributed by atoms with E-state index in [4.69, 9.17) is 0 Å². The minimum absolute atomic E-state index is 0. The van der Waals surface area contributed by atoms with Crippen molar-refractivity contribution in [2.45, 2.75) is 0 Å². The Bertz CT molecular complexity index is 64.6. The normalized spacial score (nSPS) is 5.71. The third-order valence-electron chi connectivity index (χ3n) is 0.556. The van der Waals surface area contributed by atoms with Gasteiger partial charge in [-0.2, -0.15) is 18.2 Å². The molecular weight excluding hydrogens is 143 g/mol. The maximum atomic E-state index is 2.00. The Morgan fingerprint density at radius 2 is 1.43 bits per heavy atom. The van der Waals surface area contributed by atoms with Crippen molar-refractivity contribution in [3.05, 3.63) is 30.3 Å². The van der Waals surface area contributed by atoms with Crippen LogP contribution in [0.2, 0.25) is 0 Å². The summed E-state index contributed by atoms with van der Waals surface area (Å²) in [6, 6.07) is 10.0. The molecule has 0 fully saturated rings. The third kappa shape index (κ3) is 4.20. The molecule has 0 radical (unpaired) electrons. The van der Waals surface area contributed by atoms with Gasteiger partial charge in [0.05, 0.1) is 0 Å². The van der Waals surface area contributed by atoms with E-state index in [0.29, 0.717) is 0 Å². The van der Waals surface area contributed by atoms with Crippen molar-refractivity contribution >= 4 is 12.4 Å². The molecule has 0 saturated carbocycles. The number of hydrogen-bond acceptors (Lipinski definition) is 0. The summed E-state index contributed by atoms with van der Waals surface area (Å²) >= 11 is 0. The van der Waals surface area contributed by atoms with Gasteiger partial charge < -0.3 is 0 Å². The molecule has 1 rings (SSSR count). The van der Waals surface area contributed by atoms with Gasteiger partial charge >= 0.3 is 0 Å². The average Bonchev–Trinajstić information content (AvgIpc) is 1.76. The van der Waals surface area contributed by atoms with E-state index in [1.165, 1.54) is 0 Å². The molecule has 0 saturated heterocycles. The Balaban J connectivity index is 0. The van der Waals surface area contributed by atoms with Crippen LogP contribution in [-0.2, 0) is 21.7 Å². The van der Waals surface area contributed by atoms with Gasteiger partial charge in [0.1, 0.15) is 0 Å². The van der Waals surface area contributed by atoms with Crippen LogP contribution in [0.5, 0.6) is 0 Å². The van der Waals surface area contributed by atoms with Gasteiger partial charge in [-0.1, -0.05) is 0 Å². The Hall–Kier alpha value is 0.354. The molecule has 0 aliphatic carbocycles. The molecule has 0 spiro atoms. The Labute approximate surface area is 64.6 Å². The quantitative estimate of drug-likeness (QED) is 0.390. The zero-order valence-electron chi connectivity index (χ0n) is 3.79. The van der Waals surface area contributed by atoms with Crippen LogP contribution in [0.3, 0.4) is 0 Å². The van der Waals surface area contributed by atoms with Crippen LogP contribution in [-0.4, -0.2) is 0 Å². The molecule has 0 N–H and O–H groups in total. The fraction of sp³-hybridized carbons (Fsp3) is 0. The average molecular weight is 149 g/mol. The second-order valence-corrected chi connectivity index (χ2v) is 0.962. The zero-order valence-corrected chi connectivity index (χ0v) is 6.17. The van der Waals surface area contributed by atoms with Crippen molar-refractivity contribution in [1.82, 2.24) is 0 Å². The molecule has 2 heteroatoms. The van der Waals surface area contributed by atoms with Crippen LogP contribution in [0.4, 0.5) is 0 Å². The van der Waals surface area contributed by atoms with Crippen molar-refractivity contribution in [3.63, 3.8) is 0 Å². The first-order chi connectivity index (χ1) is 2.50. The molecule has 0 unspecified atom stereocenters. The molecule has 1 aromatic carbocycles. The summed E-state index contributed by atoms with van der Waals surface area (Å²) < 4.78 is 0. The SMILES string of the molecule is Cl.[Ti].c1cc[cH-]c1. The maximum Gasteiger partial charge on any atom is 0 e. The van der Waals surface area contributed by atoms with Gasteiger partial charge in [-0.25, -0.2) is 12.1 Å². The molecule has 0 aliphatic heterocycles. The second-order valence-electron chi connectivity index (χ2n) is 0.962. The van der Waals surface area contributed by atoms with E-state index < -0.39 is 0 Å². The van der Waals surface area contributed by atoms with Crippen molar-refractivity contribution in [1.29, 1.82) is 0 Å². The van der Waals surface area contributed by atoms with Gasteiger partial charge in [-0.3, -0.25) is 0 Å². The van der Waals surface area contributed by atoms with Crippen molar-refractivity contribution < 1.29 is 21.7 Å². The summed E-state index contributed by atoms with van der Waals surface area (Å²) in [6.45, 7) is 0. The molecule has 38 valence electrons. The first-order valence-corrected chi connectivity index (χ1v) is 1.67. The standard InChI is InChI=1S/C5H5.ClH.Ti/c1-2-4-5-3-1;;/h1-5H;1H;/q-1;;. The Kier molecular flexibility index (Phi) is 9.40. The van der Waals surface area contributed by atoms with E-state index in [0.717, 1.165) is 0 Å². The van der Waals surface area contributed by atoms with Crippen LogP contribution < -0.4 is 0 Å². The van der Waals surface area contributed by atoms with E-state index in [2.05, 4.69) is 0 Å². The van der Waals surface area contributed by atoms with Crippen LogP contribution in [0, 0.1) is 0 Å². The minimum atomic E-state index is 0. The van der Waals surface area contributed by atoms with Crippen molar-refractivity contribution in [2.24, 2.45) is 0 Å². The smallest absolute Gasteiger partial charge is 0 e. The van der Waals surface area contributed by atoms with Crippen LogP contribution in [0.15, 0.2) is 30.3 Å². The monoisotopic (exact) mass is 149 g/mol. The summed E-state index contributed by atoms with van der Waals surface area (Å²) in [6.07, 6.45) is 0. The van der Waals surface area contributed by atoms with Gasteiger partial charge in [0.15, 0.2) is 0 Å². The fourth-order valence-electron chi connectivity index (χ4n) is 0.321. The van der Waals surface area contributed by atoms with E-state index in [1.54, 1.807) is 0 Å².